The highest BCUT2D eigenvalue weighted by atomic mass is 28.3. The second-order valence-electron chi connectivity index (χ2n) is 4.01. The van der Waals surface area contributed by atoms with Gasteiger partial charge in [-0.2, -0.15) is 0 Å². The molecule has 0 aliphatic rings. The molecular formula is C13H16O2Si. The molecule has 0 aliphatic heterocycles. The van der Waals surface area contributed by atoms with Gasteiger partial charge in [0.05, 0.1) is 7.11 Å². The van der Waals surface area contributed by atoms with E-state index in [-0.39, 0.29) is 0 Å². The zero-order valence-electron chi connectivity index (χ0n) is 9.86. The summed E-state index contributed by atoms with van der Waals surface area (Å²) in [7, 11) is 0.589. The standard InChI is InChI=1S/C13H16O2Si/c1-14-11-8-10-6-4-5-7-12(10)13(9-11)15-16(2)3/h4-9,16H,1-3H3. The monoisotopic (exact) mass is 232 g/mol. The molecule has 0 saturated heterocycles. The number of ether oxygens (including phenoxy) is 1. The maximum absolute atomic E-state index is 5.93. The number of rotatable bonds is 3. The molecule has 0 amide bonds. The van der Waals surface area contributed by atoms with Gasteiger partial charge in [0.2, 0.25) is 9.04 Å². The van der Waals surface area contributed by atoms with Crippen LogP contribution in [0.4, 0.5) is 0 Å². The van der Waals surface area contributed by atoms with Crippen molar-refractivity contribution in [1.29, 1.82) is 0 Å². The Morgan fingerprint density at radius 2 is 1.81 bits per heavy atom. The third-order valence-corrected chi connectivity index (χ3v) is 3.12. The minimum absolute atomic E-state index is 0.850. The van der Waals surface area contributed by atoms with E-state index in [1.54, 1.807) is 7.11 Å². The summed E-state index contributed by atoms with van der Waals surface area (Å²) < 4.78 is 11.2. The second-order valence-corrected chi connectivity index (χ2v) is 6.35. The van der Waals surface area contributed by atoms with Gasteiger partial charge in [0.15, 0.2) is 0 Å². The SMILES string of the molecule is COc1cc(O[SiH](C)C)c2ccccc2c1. The van der Waals surface area contributed by atoms with E-state index in [0.717, 1.165) is 22.3 Å². The Morgan fingerprint density at radius 3 is 2.50 bits per heavy atom. The maximum atomic E-state index is 5.93. The Kier molecular flexibility index (Phi) is 3.15. The van der Waals surface area contributed by atoms with Crippen molar-refractivity contribution in [2.75, 3.05) is 7.11 Å². The average Bonchev–Trinajstić information content (AvgIpc) is 2.28. The smallest absolute Gasteiger partial charge is 0.229 e. The van der Waals surface area contributed by atoms with Crippen molar-refractivity contribution in [3.63, 3.8) is 0 Å². The predicted molar refractivity (Wildman–Crippen MR) is 70.0 cm³/mol. The number of methoxy groups -OCH3 is 1. The molecule has 2 rings (SSSR count). The molecule has 3 heteroatoms. The zero-order chi connectivity index (χ0) is 11.5. The van der Waals surface area contributed by atoms with Crippen molar-refractivity contribution in [2.45, 2.75) is 13.1 Å². The average molecular weight is 232 g/mol. The van der Waals surface area contributed by atoms with Crippen LogP contribution in [0.3, 0.4) is 0 Å². The summed E-state index contributed by atoms with van der Waals surface area (Å²) >= 11 is 0. The topological polar surface area (TPSA) is 18.5 Å². The number of hydrogen-bond acceptors (Lipinski definition) is 2. The first-order valence-corrected chi connectivity index (χ1v) is 8.22. The van der Waals surface area contributed by atoms with Crippen molar-refractivity contribution in [3.8, 4) is 11.5 Å². The van der Waals surface area contributed by atoms with E-state index < -0.39 is 9.04 Å². The van der Waals surface area contributed by atoms with Gasteiger partial charge in [-0.05, 0) is 24.5 Å². The molecule has 2 aromatic carbocycles. The van der Waals surface area contributed by atoms with Crippen LogP contribution in [0, 0.1) is 0 Å². The van der Waals surface area contributed by atoms with Crippen LogP contribution < -0.4 is 9.16 Å². The third kappa shape index (κ3) is 2.19. The van der Waals surface area contributed by atoms with Gasteiger partial charge in [0.25, 0.3) is 0 Å². The van der Waals surface area contributed by atoms with Crippen molar-refractivity contribution in [2.24, 2.45) is 0 Å². The van der Waals surface area contributed by atoms with Crippen LogP contribution in [0.25, 0.3) is 10.8 Å². The maximum Gasteiger partial charge on any atom is 0.229 e. The number of hydrogen-bond donors (Lipinski definition) is 0. The van der Waals surface area contributed by atoms with Crippen LogP contribution >= 0.6 is 0 Å². The lowest BCUT2D eigenvalue weighted by Crippen LogP contribution is -2.11. The van der Waals surface area contributed by atoms with E-state index in [4.69, 9.17) is 9.16 Å². The van der Waals surface area contributed by atoms with Gasteiger partial charge < -0.3 is 9.16 Å². The van der Waals surface area contributed by atoms with Crippen molar-refractivity contribution in [3.05, 3.63) is 36.4 Å². The quantitative estimate of drug-likeness (QED) is 0.757. The Hall–Kier alpha value is -1.48. The summed E-state index contributed by atoms with van der Waals surface area (Å²) in [5, 5.41) is 2.32. The van der Waals surface area contributed by atoms with Gasteiger partial charge in [-0.3, -0.25) is 0 Å². The van der Waals surface area contributed by atoms with E-state index in [2.05, 4.69) is 25.2 Å². The molecule has 0 bridgehead atoms. The lowest BCUT2D eigenvalue weighted by atomic mass is 10.1. The van der Waals surface area contributed by atoms with Gasteiger partial charge >= 0.3 is 0 Å². The van der Waals surface area contributed by atoms with E-state index in [9.17, 15) is 0 Å². The fraction of sp³-hybridized carbons (Fsp3) is 0.231. The van der Waals surface area contributed by atoms with Crippen LogP contribution in [0.2, 0.25) is 13.1 Å². The molecule has 0 atom stereocenters. The number of fused-ring (bicyclic) bond motifs is 1. The van der Waals surface area contributed by atoms with E-state index in [1.807, 2.05) is 24.3 Å². The normalized spacial score (nSPS) is 10.8. The van der Waals surface area contributed by atoms with Gasteiger partial charge in [0.1, 0.15) is 11.5 Å². The van der Waals surface area contributed by atoms with Crippen LogP contribution in [-0.4, -0.2) is 16.2 Å². The first kappa shape index (κ1) is 11.0. The number of benzene rings is 2. The lowest BCUT2D eigenvalue weighted by Gasteiger charge is -2.13. The summed E-state index contributed by atoms with van der Waals surface area (Å²) in [6.45, 7) is 4.32. The summed E-state index contributed by atoms with van der Waals surface area (Å²) in [6, 6.07) is 12.2. The van der Waals surface area contributed by atoms with Crippen LogP contribution in [0.5, 0.6) is 11.5 Å². The molecule has 0 unspecified atom stereocenters. The molecule has 0 spiro atoms. The van der Waals surface area contributed by atoms with E-state index in [0.29, 0.717) is 0 Å². The van der Waals surface area contributed by atoms with Gasteiger partial charge in [-0.15, -0.1) is 0 Å². The highest BCUT2D eigenvalue weighted by Crippen LogP contribution is 2.31. The molecule has 2 nitrogen and oxygen atoms in total. The molecule has 16 heavy (non-hydrogen) atoms. The first-order valence-electron chi connectivity index (χ1n) is 5.44. The largest absolute Gasteiger partial charge is 0.546 e. The van der Waals surface area contributed by atoms with Crippen LogP contribution in [0.15, 0.2) is 36.4 Å². The molecular weight excluding hydrogens is 216 g/mol. The highest BCUT2D eigenvalue weighted by molar-refractivity contribution is 6.49. The third-order valence-electron chi connectivity index (χ3n) is 2.40. The molecule has 2 aromatic rings. The summed E-state index contributed by atoms with van der Waals surface area (Å²) in [4.78, 5) is 0. The van der Waals surface area contributed by atoms with Gasteiger partial charge in [-0.25, -0.2) is 0 Å². The highest BCUT2D eigenvalue weighted by Gasteiger charge is 2.07. The molecule has 0 N–H and O–H groups in total. The lowest BCUT2D eigenvalue weighted by molar-refractivity contribution is 0.413. The summed E-state index contributed by atoms with van der Waals surface area (Å²) in [5.74, 6) is 1.79. The van der Waals surface area contributed by atoms with E-state index >= 15 is 0 Å². The first-order chi connectivity index (χ1) is 7.70. The van der Waals surface area contributed by atoms with Crippen LogP contribution in [0.1, 0.15) is 0 Å². The molecule has 0 saturated carbocycles. The Bertz CT molecular complexity index is 494. The van der Waals surface area contributed by atoms with Crippen molar-refractivity contribution < 1.29 is 9.16 Å². The van der Waals surface area contributed by atoms with Gasteiger partial charge in [0, 0.05) is 11.5 Å². The van der Waals surface area contributed by atoms with Crippen molar-refractivity contribution in [1.82, 2.24) is 0 Å². The van der Waals surface area contributed by atoms with Crippen LogP contribution in [-0.2, 0) is 0 Å². The molecule has 0 fully saturated rings. The molecule has 84 valence electrons. The summed E-state index contributed by atoms with van der Waals surface area (Å²) in [6.07, 6.45) is 0. The fourth-order valence-corrected chi connectivity index (χ4v) is 2.42. The minimum atomic E-state index is -1.09. The van der Waals surface area contributed by atoms with Gasteiger partial charge in [-0.1, -0.05) is 24.3 Å². The Balaban J connectivity index is 2.59. The molecule has 0 aromatic heterocycles. The van der Waals surface area contributed by atoms with E-state index in [1.165, 1.54) is 0 Å². The molecule has 0 radical (unpaired) electrons. The second kappa shape index (κ2) is 4.57. The minimum Gasteiger partial charge on any atom is -0.546 e. The Labute approximate surface area is 97.5 Å². The molecule has 0 heterocycles. The predicted octanol–water partition coefficient (Wildman–Crippen LogP) is 3.21. The molecule has 0 aliphatic carbocycles. The zero-order valence-corrected chi connectivity index (χ0v) is 11.0. The van der Waals surface area contributed by atoms with Crippen molar-refractivity contribution >= 4 is 19.8 Å². The summed E-state index contributed by atoms with van der Waals surface area (Å²) in [5.41, 5.74) is 0. The Morgan fingerprint density at radius 1 is 1.06 bits per heavy atom. The fourth-order valence-electron chi connectivity index (χ4n) is 1.72.